The zero-order valence-electron chi connectivity index (χ0n) is 22.5. The van der Waals surface area contributed by atoms with Crippen molar-refractivity contribution < 1.29 is 38.0 Å². The molecule has 0 aromatic carbocycles. The van der Waals surface area contributed by atoms with Crippen molar-refractivity contribution in [2.45, 2.75) is 0 Å². The first kappa shape index (κ1) is 43.4. The largest absolute Gasteiger partial charge is 0.420 e. The first-order chi connectivity index (χ1) is 20.6. The number of nitrogens with one attached hydrogen (secondary N) is 2. The smallest absolute Gasteiger partial charge is 0.386 e. The molecule has 0 radical (unpaired) electrons. The lowest BCUT2D eigenvalue weighted by molar-refractivity contribution is -0.196. The van der Waals surface area contributed by atoms with Crippen molar-refractivity contribution in [3.8, 4) is 0 Å². The third-order valence-corrected chi connectivity index (χ3v) is 14.0. The zero-order chi connectivity index (χ0) is 30.8. The molecule has 12 nitrogen and oxygen atoms in total. The van der Waals surface area contributed by atoms with Gasteiger partial charge in [0.1, 0.15) is 5.94 Å². The van der Waals surface area contributed by atoms with Crippen LogP contribution in [0.25, 0.3) is 0 Å². The lowest BCUT2D eigenvalue weighted by Crippen LogP contribution is -2.22. The summed E-state index contributed by atoms with van der Waals surface area (Å²) in [4.78, 5) is 41.2. The molecular formula is C19H36N4O8S11. The number of nitrogens with zero attached hydrogens (tertiary/aromatic N) is 2. The number of aliphatic imine (C=N–C) groups is 2. The lowest BCUT2D eigenvalue weighted by atomic mass is 11.0. The monoisotopic (exact) mass is 800 g/mol. The van der Waals surface area contributed by atoms with E-state index in [0.717, 1.165) is 51.9 Å². The third-order valence-electron chi connectivity index (χ3n) is 3.31. The van der Waals surface area contributed by atoms with Crippen LogP contribution in [0.5, 0.6) is 0 Å². The van der Waals surface area contributed by atoms with Crippen LogP contribution in [0.2, 0.25) is 0 Å². The van der Waals surface area contributed by atoms with Crippen molar-refractivity contribution in [1.29, 1.82) is 0 Å². The minimum absolute atomic E-state index is 0.00744. The van der Waals surface area contributed by atoms with Crippen molar-refractivity contribution in [3.63, 3.8) is 0 Å². The summed E-state index contributed by atoms with van der Waals surface area (Å²) in [5.41, 5.74) is 1.45. The fourth-order valence-corrected chi connectivity index (χ4v) is 10.2. The van der Waals surface area contributed by atoms with E-state index in [9.17, 15) is 13.8 Å². The summed E-state index contributed by atoms with van der Waals surface area (Å²) < 4.78 is 16.8. The maximum absolute atomic E-state index is 12.0. The van der Waals surface area contributed by atoms with Crippen LogP contribution in [-0.4, -0.2) is 122 Å². The maximum Gasteiger partial charge on any atom is 0.420 e. The highest BCUT2D eigenvalue weighted by molar-refractivity contribution is 8.27. The Labute approximate surface area is 292 Å². The van der Waals surface area contributed by atoms with E-state index in [2.05, 4.69) is 20.6 Å². The Morgan fingerprint density at radius 3 is 2.19 bits per heavy atom. The van der Waals surface area contributed by atoms with Crippen LogP contribution in [0.4, 0.5) is 9.59 Å². The second-order valence-corrected chi connectivity index (χ2v) is 18.8. The predicted octanol–water partition coefficient (Wildman–Crippen LogP) is 4.94. The number of hydrogen-bond donors (Lipinski definition) is 4. The molecular weight excluding hydrogens is 765 g/mol. The summed E-state index contributed by atoms with van der Waals surface area (Å²) in [6, 6.07) is 0. The summed E-state index contributed by atoms with van der Waals surface area (Å²) in [7, 11) is -1.18. The summed E-state index contributed by atoms with van der Waals surface area (Å²) >= 11 is 14.2. The van der Waals surface area contributed by atoms with E-state index in [1.807, 2.05) is 0 Å². The van der Waals surface area contributed by atoms with Gasteiger partial charge in [0.05, 0.1) is 73.9 Å². The van der Waals surface area contributed by atoms with Crippen LogP contribution in [0, 0.1) is 0 Å². The molecule has 0 aliphatic rings. The SMILES string of the molecule is O=C(NCSCCSCN=CS(=O)CSCSC(=O)NCSCCSCN=COOCSCSCO)OSCSCO. The van der Waals surface area contributed by atoms with Gasteiger partial charge in [0.15, 0.2) is 0 Å². The predicted molar refractivity (Wildman–Crippen MR) is 199 cm³/mol. The van der Waals surface area contributed by atoms with E-state index in [1.165, 1.54) is 59.0 Å². The van der Waals surface area contributed by atoms with Gasteiger partial charge in [-0.25, -0.2) is 9.79 Å². The van der Waals surface area contributed by atoms with Gasteiger partial charge in [-0.3, -0.25) is 14.0 Å². The number of carbonyl (C=O) groups is 2. The van der Waals surface area contributed by atoms with Crippen molar-refractivity contribution in [2.75, 3.05) is 84.7 Å². The van der Waals surface area contributed by atoms with Gasteiger partial charge >= 0.3 is 6.09 Å². The fraction of sp³-hybridized carbons (Fsp3) is 0.789. The van der Waals surface area contributed by atoms with Gasteiger partial charge in [-0.05, 0) is 0 Å². The summed E-state index contributed by atoms with van der Waals surface area (Å²) in [6.45, 7) is 0. The molecule has 23 heteroatoms. The summed E-state index contributed by atoms with van der Waals surface area (Å²) in [5.74, 6) is 5.97. The Bertz CT molecular complexity index is 735. The highest BCUT2D eigenvalue weighted by Gasteiger charge is 2.04. The fourth-order valence-electron chi connectivity index (χ4n) is 1.70. The van der Waals surface area contributed by atoms with Crippen LogP contribution < -0.4 is 10.6 Å². The number of aliphatic hydroxyl groups excluding tert-OH is 2. The minimum Gasteiger partial charge on any atom is -0.386 e. The molecule has 4 N–H and O–H groups in total. The van der Waals surface area contributed by atoms with Gasteiger partial charge in [0.2, 0.25) is 6.40 Å². The van der Waals surface area contributed by atoms with Gasteiger partial charge in [-0.1, -0.05) is 11.8 Å². The van der Waals surface area contributed by atoms with Crippen molar-refractivity contribution in [1.82, 2.24) is 10.6 Å². The van der Waals surface area contributed by atoms with Crippen LogP contribution >= 0.6 is 118 Å². The molecule has 0 saturated heterocycles. The molecule has 0 aromatic heterocycles. The quantitative estimate of drug-likeness (QED) is 0.0147. The Morgan fingerprint density at radius 1 is 0.786 bits per heavy atom. The Hall–Kier alpha value is 1.41. The molecule has 0 bridgehead atoms. The number of hydrogen-bond acceptors (Lipinski definition) is 20. The molecule has 42 heavy (non-hydrogen) atoms. The van der Waals surface area contributed by atoms with Crippen molar-refractivity contribution >= 4 is 152 Å². The second kappa shape index (κ2) is 36.9. The molecule has 2 amide bonds. The first-order valence-electron chi connectivity index (χ1n) is 11.5. The maximum atomic E-state index is 12.0. The van der Waals surface area contributed by atoms with E-state index >= 15 is 0 Å². The number of thioether (sulfide) groups is 9. The number of aliphatic hydroxyl groups is 2. The van der Waals surface area contributed by atoms with Crippen LogP contribution in [0.15, 0.2) is 9.98 Å². The van der Waals surface area contributed by atoms with Gasteiger partial charge in [0, 0.05) is 33.2 Å². The molecule has 0 saturated carbocycles. The topological polar surface area (TPSA) is 168 Å². The highest BCUT2D eigenvalue weighted by atomic mass is 32.2. The van der Waals surface area contributed by atoms with E-state index in [1.54, 1.807) is 47.0 Å². The zero-order valence-corrected chi connectivity index (χ0v) is 31.5. The molecule has 1 atom stereocenters. The average Bonchev–Trinajstić information content (AvgIpc) is 2.98. The van der Waals surface area contributed by atoms with Crippen molar-refractivity contribution in [3.05, 3.63) is 0 Å². The minimum atomic E-state index is -1.18. The van der Waals surface area contributed by atoms with Crippen LogP contribution in [-0.2, 0) is 24.8 Å². The Morgan fingerprint density at radius 2 is 1.45 bits per heavy atom. The number of rotatable bonds is 30. The second-order valence-electron chi connectivity index (χ2n) is 6.29. The van der Waals surface area contributed by atoms with Crippen LogP contribution in [0.1, 0.15) is 0 Å². The molecule has 0 fully saturated rings. The number of carbonyl (C=O) groups excluding carboxylic acids is 2. The molecule has 0 spiro atoms. The molecule has 0 rings (SSSR count). The molecule has 246 valence electrons. The van der Waals surface area contributed by atoms with E-state index in [0.29, 0.717) is 44.7 Å². The Kier molecular flexibility index (Phi) is 38.1. The van der Waals surface area contributed by atoms with E-state index in [4.69, 9.17) is 24.2 Å². The normalized spacial score (nSPS) is 12.1. The first-order valence-corrected chi connectivity index (χ1v) is 24.1. The summed E-state index contributed by atoms with van der Waals surface area (Å²) in [5, 5.41) is 24.7. The van der Waals surface area contributed by atoms with Gasteiger partial charge in [0.25, 0.3) is 5.24 Å². The van der Waals surface area contributed by atoms with Gasteiger partial charge in [-0.15, -0.1) is 94.1 Å². The lowest BCUT2D eigenvalue weighted by Gasteiger charge is -2.04. The van der Waals surface area contributed by atoms with Gasteiger partial charge < -0.3 is 29.9 Å². The molecule has 0 aromatic rings. The molecule has 0 heterocycles. The average molecular weight is 801 g/mol. The highest BCUT2D eigenvalue weighted by Crippen LogP contribution is 2.15. The number of amides is 2. The van der Waals surface area contributed by atoms with E-state index < -0.39 is 16.9 Å². The summed E-state index contributed by atoms with van der Waals surface area (Å²) in [6.07, 6.45) is 0.772. The molecule has 0 aliphatic heterocycles. The third kappa shape index (κ3) is 35.9. The molecule has 1 unspecified atom stereocenters. The Balaban J connectivity index is 3.43. The van der Waals surface area contributed by atoms with Crippen molar-refractivity contribution in [2.24, 2.45) is 9.98 Å². The van der Waals surface area contributed by atoms with E-state index in [-0.39, 0.29) is 17.1 Å². The van der Waals surface area contributed by atoms with Gasteiger partial charge in [-0.2, -0.15) is 4.89 Å². The van der Waals surface area contributed by atoms with Crippen LogP contribution in [0.3, 0.4) is 0 Å². The standard InChI is InChI=1S/C19H36N4O8S11/c24-11-36-14-38-13-30-29-5-20-6-32-1-4-35-9-23-19(27)40-15-39-17-42(28)10-21-7-33-2-3-34-8-22-18(26)31-41-16-37-12-25/h5,10,24-25H,1-4,6-9,11-17H2,(H,22,26)(H,23,27). The molecule has 0 aliphatic carbocycles.